The Hall–Kier alpha value is -2.62. The smallest absolute Gasteiger partial charge is 0.263 e. The number of benzene rings is 1. The zero-order valence-electron chi connectivity index (χ0n) is 13.7. The van der Waals surface area contributed by atoms with Crippen LogP contribution in [0.2, 0.25) is 0 Å². The van der Waals surface area contributed by atoms with E-state index in [4.69, 9.17) is 4.74 Å². The van der Waals surface area contributed by atoms with Gasteiger partial charge in [-0.2, -0.15) is 0 Å². The summed E-state index contributed by atoms with van der Waals surface area (Å²) in [7, 11) is 0. The third-order valence-corrected chi connectivity index (χ3v) is 3.31. The molecule has 0 atom stereocenters. The lowest BCUT2D eigenvalue weighted by molar-refractivity contribution is -0.134. The molecule has 0 aliphatic heterocycles. The number of likely N-dealkylation sites (N-methyl/N-ethyl adjacent to an activating group) is 1. The molecule has 0 fully saturated rings. The van der Waals surface area contributed by atoms with Gasteiger partial charge in [0, 0.05) is 18.9 Å². The Morgan fingerprint density at radius 1 is 1.09 bits per heavy atom. The first-order chi connectivity index (χ1) is 11.0. The van der Waals surface area contributed by atoms with Crippen LogP contribution < -0.4 is 10.1 Å². The molecule has 2 aromatic rings. The normalized spacial score (nSPS) is 11.4. The standard InChI is InChI=1S/C19H22N2O2/c1-4-21-18(22)19(2,3)23-17-9-7-15(8-10-17)5-6-16-11-13-20-14-12-16/h5-14H,4H2,1-3H3,(H,21,22)/b6-5+. The van der Waals surface area contributed by atoms with Crippen LogP contribution in [0, 0.1) is 0 Å². The van der Waals surface area contributed by atoms with Gasteiger partial charge in [-0.15, -0.1) is 0 Å². The Labute approximate surface area is 137 Å². The van der Waals surface area contributed by atoms with Crippen molar-refractivity contribution in [3.63, 3.8) is 0 Å². The fourth-order valence-electron chi connectivity index (χ4n) is 2.03. The van der Waals surface area contributed by atoms with Crippen LogP contribution in [0.4, 0.5) is 0 Å². The van der Waals surface area contributed by atoms with Crippen LogP contribution in [0.15, 0.2) is 48.8 Å². The van der Waals surface area contributed by atoms with Crippen molar-refractivity contribution >= 4 is 18.1 Å². The summed E-state index contributed by atoms with van der Waals surface area (Å²) in [6.07, 6.45) is 7.57. The van der Waals surface area contributed by atoms with Crippen molar-refractivity contribution in [2.75, 3.05) is 6.54 Å². The molecule has 1 aromatic carbocycles. The van der Waals surface area contributed by atoms with E-state index in [1.807, 2.05) is 55.5 Å². The molecule has 0 spiro atoms. The van der Waals surface area contributed by atoms with E-state index in [-0.39, 0.29) is 5.91 Å². The Bertz CT molecular complexity index is 662. The fourth-order valence-corrected chi connectivity index (χ4v) is 2.03. The number of hydrogen-bond donors (Lipinski definition) is 1. The van der Waals surface area contributed by atoms with E-state index >= 15 is 0 Å². The second-order valence-corrected chi connectivity index (χ2v) is 5.65. The zero-order valence-corrected chi connectivity index (χ0v) is 13.7. The second kappa shape index (κ2) is 7.58. The minimum atomic E-state index is -0.898. The molecule has 1 aromatic heterocycles. The maximum atomic E-state index is 11.9. The summed E-state index contributed by atoms with van der Waals surface area (Å²) in [5.41, 5.74) is 1.26. The van der Waals surface area contributed by atoms with Crippen LogP contribution in [0.25, 0.3) is 12.2 Å². The molecule has 0 radical (unpaired) electrons. The first-order valence-corrected chi connectivity index (χ1v) is 7.67. The zero-order chi connectivity index (χ0) is 16.7. The van der Waals surface area contributed by atoms with Crippen LogP contribution in [0.5, 0.6) is 5.75 Å². The summed E-state index contributed by atoms with van der Waals surface area (Å²) >= 11 is 0. The topological polar surface area (TPSA) is 51.2 Å². The van der Waals surface area contributed by atoms with E-state index in [1.165, 1.54) is 0 Å². The summed E-state index contributed by atoms with van der Waals surface area (Å²) < 4.78 is 5.79. The average molecular weight is 310 g/mol. The molecule has 2 rings (SSSR count). The number of ether oxygens (including phenoxy) is 1. The number of hydrogen-bond acceptors (Lipinski definition) is 3. The van der Waals surface area contributed by atoms with Crippen molar-refractivity contribution in [1.29, 1.82) is 0 Å². The highest BCUT2D eigenvalue weighted by atomic mass is 16.5. The summed E-state index contributed by atoms with van der Waals surface area (Å²) in [6, 6.07) is 11.5. The molecule has 23 heavy (non-hydrogen) atoms. The molecule has 1 amide bonds. The molecule has 0 saturated heterocycles. The summed E-state index contributed by atoms with van der Waals surface area (Å²) in [5.74, 6) is 0.545. The van der Waals surface area contributed by atoms with Crippen molar-refractivity contribution in [1.82, 2.24) is 10.3 Å². The lowest BCUT2D eigenvalue weighted by Gasteiger charge is -2.25. The lowest BCUT2D eigenvalue weighted by atomic mass is 10.1. The molecule has 4 heteroatoms. The van der Waals surface area contributed by atoms with Gasteiger partial charge in [0.15, 0.2) is 5.60 Å². The third kappa shape index (κ3) is 4.95. The molecular weight excluding hydrogens is 288 g/mol. The highest BCUT2D eigenvalue weighted by molar-refractivity contribution is 5.84. The first-order valence-electron chi connectivity index (χ1n) is 7.67. The third-order valence-electron chi connectivity index (χ3n) is 3.31. The summed E-state index contributed by atoms with van der Waals surface area (Å²) in [4.78, 5) is 15.9. The first kappa shape index (κ1) is 16.7. The Kier molecular flexibility index (Phi) is 5.52. The van der Waals surface area contributed by atoms with Gasteiger partial charge < -0.3 is 10.1 Å². The van der Waals surface area contributed by atoms with Crippen molar-refractivity contribution in [2.24, 2.45) is 0 Å². The van der Waals surface area contributed by atoms with Crippen LogP contribution in [-0.4, -0.2) is 23.0 Å². The molecule has 1 N–H and O–H groups in total. The van der Waals surface area contributed by atoms with Crippen molar-refractivity contribution < 1.29 is 9.53 Å². The number of nitrogens with zero attached hydrogens (tertiary/aromatic N) is 1. The largest absolute Gasteiger partial charge is 0.478 e. The predicted molar refractivity (Wildman–Crippen MR) is 93.0 cm³/mol. The van der Waals surface area contributed by atoms with E-state index in [9.17, 15) is 4.79 Å². The van der Waals surface area contributed by atoms with Gasteiger partial charge in [-0.1, -0.05) is 24.3 Å². The van der Waals surface area contributed by atoms with E-state index in [2.05, 4.69) is 10.3 Å². The predicted octanol–water partition coefficient (Wildman–Crippen LogP) is 3.55. The van der Waals surface area contributed by atoms with E-state index in [1.54, 1.807) is 26.2 Å². The number of nitrogens with one attached hydrogen (secondary N) is 1. The molecule has 120 valence electrons. The van der Waals surface area contributed by atoms with Gasteiger partial charge in [0.2, 0.25) is 0 Å². The van der Waals surface area contributed by atoms with Crippen molar-refractivity contribution in [3.05, 3.63) is 59.9 Å². The second-order valence-electron chi connectivity index (χ2n) is 5.65. The molecule has 0 saturated carbocycles. The van der Waals surface area contributed by atoms with E-state index < -0.39 is 5.60 Å². The van der Waals surface area contributed by atoms with Gasteiger partial charge in [0.25, 0.3) is 5.91 Å². The monoisotopic (exact) mass is 310 g/mol. The number of amides is 1. The Morgan fingerprint density at radius 3 is 2.22 bits per heavy atom. The van der Waals surface area contributed by atoms with Crippen LogP contribution in [0.3, 0.4) is 0 Å². The molecule has 0 aliphatic carbocycles. The highest BCUT2D eigenvalue weighted by Crippen LogP contribution is 2.20. The van der Waals surface area contributed by atoms with Gasteiger partial charge >= 0.3 is 0 Å². The molecule has 0 bridgehead atoms. The Morgan fingerprint density at radius 2 is 1.65 bits per heavy atom. The summed E-state index contributed by atoms with van der Waals surface area (Å²) in [6.45, 7) is 5.99. The van der Waals surface area contributed by atoms with Gasteiger partial charge in [-0.25, -0.2) is 0 Å². The summed E-state index contributed by atoms with van der Waals surface area (Å²) in [5, 5.41) is 2.78. The highest BCUT2D eigenvalue weighted by Gasteiger charge is 2.29. The quantitative estimate of drug-likeness (QED) is 0.888. The SMILES string of the molecule is CCNC(=O)C(C)(C)Oc1ccc(/C=C/c2ccncc2)cc1. The minimum Gasteiger partial charge on any atom is -0.478 e. The van der Waals surface area contributed by atoms with Gasteiger partial charge in [0.05, 0.1) is 0 Å². The van der Waals surface area contributed by atoms with Gasteiger partial charge in [-0.3, -0.25) is 9.78 Å². The number of carbonyl (C=O) groups is 1. The number of aromatic nitrogens is 1. The van der Waals surface area contributed by atoms with Gasteiger partial charge in [0.1, 0.15) is 5.75 Å². The fraction of sp³-hybridized carbons (Fsp3) is 0.263. The molecule has 0 aliphatic rings. The van der Waals surface area contributed by atoms with Crippen molar-refractivity contribution in [3.8, 4) is 5.75 Å². The van der Waals surface area contributed by atoms with Crippen LogP contribution in [-0.2, 0) is 4.79 Å². The van der Waals surface area contributed by atoms with E-state index in [0.717, 1.165) is 11.1 Å². The number of pyridine rings is 1. The molecule has 4 nitrogen and oxygen atoms in total. The Balaban J connectivity index is 2.02. The maximum Gasteiger partial charge on any atom is 0.263 e. The average Bonchev–Trinajstić information content (AvgIpc) is 2.55. The molecule has 1 heterocycles. The minimum absolute atomic E-state index is 0.123. The van der Waals surface area contributed by atoms with Crippen LogP contribution >= 0.6 is 0 Å². The maximum absolute atomic E-state index is 11.9. The van der Waals surface area contributed by atoms with Crippen LogP contribution in [0.1, 0.15) is 31.9 Å². The van der Waals surface area contributed by atoms with Crippen molar-refractivity contribution in [2.45, 2.75) is 26.4 Å². The van der Waals surface area contributed by atoms with Gasteiger partial charge in [-0.05, 0) is 56.2 Å². The lowest BCUT2D eigenvalue weighted by Crippen LogP contribution is -2.46. The van der Waals surface area contributed by atoms with E-state index in [0.29, 0.717) is 12.3 Å². The molecular formula is C19H22N2O2. The number of rotatable bonds is 6. The molecule has 0 unspecified atom stereocenters. The number of carbonyl (C=O) groups excluding carboxylic acids is 1.